The lowest BCUT2D eigenvalue weighted by Gasteiger charge is -2.07. The summed E-state index contributed by atoms with van der Waals surface area (Å²) in [6.45, 7) is 3.60. The predicted octanol–water partition coefficient (Wildman–Crippen LogP) is 5.37. The van der Waals surface area contributed by atoms with Crippen molar-refractivity contribution in [3.63, 3.8) is 0 Å². The number of halogens is 3. The normalized spacial score (nSPS) is 13.1. The SMILES string of the molecule is C/C(N[P+](=O)O)=C(/C)SCc1cc(Cl)c(Cl)cc1Cl. The molecule has 0 saturated heterocycles. The van der Waals surface area contributed by atoms with Gasteiger partial charge in [0.25, 0.3) is 0 Å². The van der Waals surface area contributed by atoms with E-state index in [4.69, 9.17) is 39.7 Å². The zero-order chi connectivity index (χ0) is 14.6. The largest absolute Gasteiger partial charge is 0.640 e. The third-order valence-electron chi connectivity index (χ3n) is 2.32. The molecule has 104 valence electrons. The monoisotopic (exact) mass is 358 g/mol. The second-order valence-electron chi connectivity index (χ2n) is 3.71. The van der Waals surface area contributed by atoms with Gasteiger partial charge in [0, 0.05) is 15.7 Å². The molecule has 0 aliphatic carbocycles. The van der Waals surface area contributed by atoms with Crippen molar-refractivity contribution in [3.8, 4) is 0 Å². The fourth-order valence-electron chi connectivity index (χ4n) is 1.19. The Bertz CT molecular complexity index is 537. The Morgan fingerprint density at radius 3 is 2.42 bits per heavy atom. The summed E-state index contributed by atoms with van der Waals surface area (Å²) in [5, 5.41) is 3.88. The van der Waals surface area contributed by atoms with Crippen LogP contribution in [-0.2, 0) is 10.3 Å². The molecule has 1 atom stereocenters. The van der Waals surface area contributed by atoms with E-state index in [-0.39, 0.29) is 0 Å². The Kier molecular flexibility index (Phi) is 6.95. The molecule has 0 bridgehead atoms. The highest BCUT2D eigenvalue weighted by molar-refractivity contribution is 8.02. The van der Waals surface area contributed by atoms with Crippen LogP contribution in [0.3, 0.4) is 0 Å². The molecule has 2 N–H and O–H groups in total. The van der Waals surface area contributed by atoms with E-state index in [0.29, 0.717) is 26.5 Å². The van der Waals surface area contributed by atoms with Crippen LogP contribution in [0.25, 0.3) is 0 Å². The number of thioether (sulfide) groups is 1. The Hall–Kier alpha value is 0.0400. The van der Waals surface area contributed by atoms with Crippen molar-refractivity contribution in [2.75, 3.05) is 0 Å². The van der Waals surface area contributed by atoms with Crippen LogP contribution in [-0.4, -0.2) is 4.89 Å². The van der Waals surface area contributed by atoms with Gasteiger partial charge in [-0.2, -0.15) is 5.09 Å². The molecule has 0 spiro atoms. The Balaban J connectivity index is 2.77. The molecule has 0 aromatic heterocycles. The minimum Gasteiger partial charge on any atom is -0.154 e. The van der Waals surface area contributed by atoms with E-state index in [2.05, 4.69) is 5.09 Å². The van der Waals surface area contributed by atoms with E-state index in [1.807, 2.05) is 6.92 Å². The summed E-state index contributed by atoms with van der Waals surface area (Å²) in [6, 6.07) is 3.33. The minimum absolute atomic E-state index is 0.419. The average Bonchev–Trinajstić information content (AvgIpc) is 2.30. The van der Waals surface area contributed by atoms with Gasteiger partial charge in [-0.25, -0.2) is 0 Å². The Labute approximate surface area is 132 Å². The van der Waals surface area contributed by atoms with Crippen molar-refractivity contribution in [1.82, 2.24) is 5.09 Å². The molecular formula is C11H12Cl3NO2PS+. The van der Waals surface area contributed by atoms with E-state index in [1.54, 1.807) is 19.1 Å². The second kappa shape index (κ2) is 7.72. The highest BCUT2D eigenvalue weighted by Crippen LogP contribution is 2.33. The summed E-state index contributed by atoms with van der Waals surface area (Å²) in [6.07, 6.45) is 0. The van der Waals surface area contributed by atoms with Gasteiger partial charge >= 0.3 is 8.18 Å². The molecule has 19 heavy (non-hydrogen) atoms. The molecule has 1 aromatic rings. The van der Waals surface area contributed by atoms with Crippen LogP contribution < -0.4 is 5.09 Å². The van der Waals surface area contributed by atoms with Crippen molar-refractivity contribution >= 4 is 54.7 Å². The number of hydrogen-bond acceptors (Lipinski definition) is 2. The molecule has 0 fully saturated rings. The maximum absolute atomic E-state index is 10.7. The smallest absolute Gasteiger partial charge is 0.154 e. The van der Waals surface area contributed by atoms with Gasteiger partial charge in [0.2, 0.25) is 0 Å². The maximum Gasteiger partial charge on any atom is 0.640 e. The average molecular weight is 360 g/mol. The van der Waals surface area contributed by atoms with Crippen molar-refractivity contribution in [3.05, 3.63) is 43.4 Å². The van der Waals surface area contributed by atoms with E-state index >= 15 is 0 Å². The minimum atomic E-state index is -2.39. The Morgan fingerprint density at radius 1 is 1.26 bits per heavy atom. The molecule has 3 nitrogen and oxygen atoms in total. The summed E-state index contributed by atoms with van der Waals surface area (Å²) < 4.78 is 10.7. The van der Waals surface area contributed by atoms with Gasteiger partial charge in [0.05, 0.1) is 15.7 Å². The van der Waals surface area contributed by atoms with Crippen LogP contribution in [0.15, 0.2) is 22.7 Å². The molecule has 0 radical (unpaired) electrons. The summed E-state index contributed by atoms with van der Waals surface area (Å²) in [5.41, 5.74) is 1.52. The molecule has 0 heterocycles. The van der Waals surface area contributed by atoms with Gasteiger partial charge in [0.15, 0.2) is 0 Å². The van der Waals surface area contributed by atoms with Crippen LogP contribution >= 0.6 is 54.7 Å². The van der Waals surface area contributed by atoms with Crippen molar-refractivity contribution < 1.29 is 9.46 Å². The summed E-state index contributed by atoms with van der Waals surface area (Å²) in [5.74, 6) is 0.600. The lowest BCUT2D eigenvalue weighted by atomic mass is 10.2. The van der Waals surface area contributed by atoms with E-state index < -0.39 is 8.18 Å². The first-order valence-corrected chi connectivity index (χ1v) is 8.51. The third-order valence-corrected chi connectivity index (χ3v) is 5.12. The number of nitrogens with one attached hydrogen (secondary N) is 1. The first kappa shape index (κ1) is 17.1. The van der Waals surface area contributed by atoms with Gasteiger partial charge in [-0.05, 0) is 36.1 Å². The zero-order valence-electron chi connectivity index (χ0n) is 10.2. The van der Waals surface area contributed by atoms with Crippen LogP contribution in [0, 0.1) is 0 Å². The lowest BCUT2D eigenvalue weighted by Crippen LogP contribution is -2.00. The van der Waals surface area contributed by atoms with Gasteiger partial charge in [-0.3, -0.25) is 0 Å². The maximum atomic E-state index is 10.7. The van der Waals surface area contributed by atoms with Crippen molar-refractivity contribution in [1.29, 1.82) is 0 Å². The molecule has 0 aliphatic rings. The number of benzene rings is 1. The highest BCUT2D eigenvalue weighted by atomic mass is 35.5. The van der Waals surface area contributed by atoms with Gasteiger partial charge in [-0.15, -0.1) is 16.7 Å². The van der Waals surface area contributed by atoms with E-state index in [9.17, 15) is 4.57 Å². The number of rotatable bonds is 5. The first-order valence-electron chi connectivity index (χ1n) is 5.17. The topological polar surface area (TPSA) is 49.3 Å². The fraction of sp³-hybridized carbons (Fsp3) is 0.273. The predicted molar refractivity (Wildman–Crippen MR) is 84.1 cm³/mol. The zero-order valence-corrected chi connectivity index (χ0v) is 14.2. The second-order valence-corrected chi connectivity index (χ2v) is 6.89. The Morgan fingerprint density at radius 2 is 1.84 bits per heavy atom. The van der Waals surface area contributed by atoms with Gasteiger partial charge in [-0.1, -0.05) is 34.8 Å². The highest BCUT2D eigenvalue weighted by Gasteiger charge is 2.12. The summed E-state index contributed by atoms with van der Waals surface area (Å²) >= 11 is 19.4. The van der Waals surface area contributed by atoms with Crippen LogP contribution in [0.5, 0.6) is 0 Å². The van der Waals surface area contributed by atoms with Crippen LogP contribution in [0.1, 0.15) is 19.4 Å². The standard InChI is InChI=1S/C11H11Cl3NO2PS/c1-6(15-18(16)17)7(2)19-5-8-3-10(13)11(14)4-9(8)12/h3-4H,5H2,1-2H3,(H-,15,16,17)/p+1/b7-6+. The van der Waals surface area contributed by atoms with Crippen molar-refractivity contribution in [2.24, 2.45) is 0 Å². The number of allylic oxidation sites excluding steroid dienone is 2. The van der Waals surface area contributed by atoms with E-state index in [1.165, 1.54) is 11.8 Å². The fourth-order valence-corrected chi connectivity index (χ4v) is 3.31. The molecular weight excluding hydrogens is 348 g/mol. The molecule has 1 aromatic carbocycles. The first-order chi connectivity index (χ1) is 8.81. The molecule has 0 amide bonds. The lowest BCUT2D eigenvalue weighted by molar-refractivity contribution is 0.495. The molecule has 0 aliphatic heterocycles. The molecule has 0 saturated carbocycles. The summed E-state index contributed by atoms with van der Waals surface area (Å²) in [4.78, 5) is 9.67. The van der Waals surface area contributed by atoms with E-state index in [0.717, 1.165) is 10.5 Å². The molecule has 1 unspecified atom stereocenters. The molecule has 8 heteroatoms. The number of hydrogen-bond donors (Lipinski definition) is 2. The quantitative estimate of drug-likeness (QED) is 0.548. The van der Waals surface area contributed by atoms with Gasteiger partial charge in [0.1, 0.15) is 0 Å². The van der Waals surface area contributed by atoms with Crippen LogP contribution in [0.4, 0.5) is 0 Å². The third kappa shape index (κ3) is 5.50. The summed E-state index contributed by atoms with van der Waals surface area (Å²) in [7, 11) is -2.39. The van der Waals surface area contributed by atoms with Crippen molar-refractivity contribution in [2.45, 2.75) is 19.6 Å². The molecule has 1 rings (SSSR count). The van der Waals surface area contributed by atoms with Crippen LogP contribution in [0.2, 0.25) is 15.1 Å². The van der Waals surface area contributed by atoms with Gasteiger partial charge < -0.3 is 0 Å².